The van der Waals surface area contributed by atoms with E-state index in [2.05, 4.69) is 10.3 Å². The Balaban J connectivity index is 1.96. The molecule has 0 aliphatic carbocycles. The van der Waals surface area contributed by atoms with Crippen LogP contribution >= 0.6 is 0 Å². The first-order valence-corrected chi connectivity index (χ1v) is 6.21. The van der Waals surface area contributed by atoms with Crippen LogP contribution < -0.4 is 5.32 Å². The summed E-state index contributed by atoms with van der Waals surface area (Å²) in [6.07, 6.45) is 3.07. The largest absolute Gasteiger partial charge is 0.351 e. The zero-order valence-corrected chi connectivity index (χ0v) is 10.9. The van der Waals surface area contributed by atoms with Gasteiger partial charge in [-0.05, 0) is 35.7 Å². The number of pyridine rings is 1. The van der Waals surface area contributed by atoms with E-state index in [1.807, 2.05) is 6.92 Å². The average molecular weight is 276 g/mol. The van der Waals surface area contributed by atoms with Crippen molar-refractivity contribution in [2.45, 2.75) is 12.8 Å². The van der Waals surface area contributed by atoms with Gasteiger partial charge in [-0.15, -0.1) is 0 Å². The molecule has 1 heterocycles. The summed E-state index contributed by atoms with van der Waals surface area (Å²) in [4.78, 5) is 15.7. The van der Waals surface area contributed by atoms with E-state index in [1.165, 1.54) is 18.5 Å². The van der Waals surface area contributed by atoms with E-state index in [0.29, 0.717) is 17.7 Å². The standard InChI is InChI=1S/C15H14F2N2O/c1-10(12-2-3-13(16)14(17)8-12)9-19-15(20)11-4-6-18-7-5-11/h2-8,10H,9H2,1H3,(H,19,20)/t10-/m1/s1. The molecule has 0 aliphatic rings. The number of halogens is 2. The van der Waals surface area contributed by atoms with Crippen molar-refractivity contribution in [1.82, 2.24) is 10.3 Å². The highest BCUT2D eigenvalue weighted by atomic mass is 19.2. The molecule has 1 aromatic carbocycles. The molecular formula is C15H14F2N2O. The van der Waals surface area contributed by atoms with Crippen LogP contribution in [0.4, 0.5) is 8.78 Å². The van der Waals surface area contributed by atoms with E-state index in [0.717, 1.165) is 12.1 Å². The van der Waals surface area contributed by atoms with Crippen molar-refractivity contribution in [3.8, 4) is 0 Å². The maximum absolute atomic E-state index is 13.1. The molecule has 104 valence electrons. The third kappa shape index (κ3) is 3.38. The van der Waals surface area contributed by atoms with Crippen molar-refractivity contribution in [2.24, 2.45) is 0 Å². The van der Waals surface area contributed by atoms with Crippen LogP contribution in [0, 0.1) is 11.6 Å². The first-order valence-electron chi connectivity index (χ1n) is 6.21. The molecule has 0 saturated carbocycles. The minimum atomic E-state index is -0.880. The summed E-state index contributed by atoms with van der Waals surface area (Å²) in [6, 6.07) is 6.97. The highest BCUT2D eigenvalue weighted by Crippen LogP contribution is 2.17. The van der Waals surface area contributed by atoms with E-state index >= 15 is 0 Å². The van der Waals surface area contributed by atoms with E-state index < -0.39 is 11.6 Å². The molecule has 0 aliphatic heterocycles. The fourth-order valence-electron chi connectivity index (χ4n) is 1.79. The number of aromatic nitrogens is 1. The van der Waals surface area contributed by atoms with Gasteiger partial charge in [-0.3, -0.25) is 9.78 Å². The van der Waals surface area contributed by atoms with Crippen LogP contribution in [0.25, 0.3) is 0 Å². The molecule has 0 bridgehead atoms. The third-order valence-electron chi connectivity index (χ3n) is 3.02. The minimum absolute atomic E-state index is 0.115. The Labute approximate surface area is 115 Å². The second-order valence-electron chi connectivity index (χ2n) is 4.52. The molecule has 2 aromatic rings. The van der Waals surface area contributed by atoms with Gasteiger partial charge in [0.1, 0.15) is 0 Å². The van der Waals surface area contributed by atoms with Crippen LogP contribution in [-0.2, 0) is 0 Å². The second-order valence-corrected chi connectivity index (χ2v) is 4.52. The van der Waals surface area contributed by atoms with Gasteiger partial charge in [-0.25, -0.2) is 8.78 Å². The zero-order chi connectivity index (χ0) is 14.5. The number of rotatable bonds is 4. The fraction of sp³-hybridized carbons (Fsp3) is 0.200. The van der Waals surface area contributed by atoms with E-state index in [4.69, 9.17) is 0 Å². The van der Waals surface area contributed by atoms with Crippen LogP contribution in [0.15, 0.2) is 42.7 Å². The Morgan fingerprint density at radius 2 is 1.90 bits per heavy atom. The van der Waals surface area contributed by atoms with Crippen LogP contribution in [0.2, 0.25) is 0 Å². The lowest BCUT2D eigenvalue weighted by Crippen LogP contribution is -2.27. The van der Waals surface area contributed by atoms with E-state index in [9.17, 15) is 13.6 Å². The molecular weight excluding hydrogens is 262 g/mol. The van der Waals surface area contributed by atoms with Crippen LogP contribution in [0.3, 0.4) is 0 Å². The van der Waals surface area contributed by atoms with Gasteiger partial charge in [-0.2, -0.15) is 0 Å². The number of nitrogens with one attached hydrogen (secondary N) is 1. The van der Waals surface area contributed by atoms with Gasteiger partial charge < -0.3 is 5.32 Å². The topological polar surface area (TPSA) is 42.0 Å². The summed E-state index contributed by atoms with van der Waals surface area (Å²) in [5, 5.41) is 2.75. The van der Waals surface area contributed by atoms with Crippen molar-refractivity contribution in [1.29, 1.82) is 0 Å². The first kappa shape index (κ1) is 14.1. The second kappa shape index (κ2) is 6.23. The lowest BCUT2D eigenvalue weighted by Gasteiger charge is -2.13. The molecule has 0 spiro atoms. The molecule has 1 amide bonds. The molecule has 0 unspecified atom stereocenters. The number of benzene rings is 1. The predicted octanol–water partition coefficient (Wildman–Crippen LogP) is 2.89. The fourth-order valence-corrected chi connectivity index (χ4v) is 1.79. The summed E-state index contributed by atoms with van der Waals surface area (Å²) in [5.74, 6) is -2.09. The molecule has 1 aromatic heterocycles. The summed E-state index contributed by atoms with van der Waals surface area (Å²) >= 11 is 0. The Morgan fingerprint density at radius 1 is 1.20 bits per heavy atom. The van der Waals surface area contributed by atoms with Gasteiger partial charge in [0.2, 0.25) is 0 Å². The van der Waals surface area contributed by atoms with Gasteiger partial charge in [-0.1, -0.05) is 13.0 Å². The molecule has 0 fully saturated rings. The molecule has 3 nitrogen and oxygen atoms in total. The van der Waals surface area contributed by atoms with Crippen molar-refractivity contribution in [3.63, 3.8) is 0 Å². The lowest BCUT2D eigenvalue weighted by atomic mass is 10.0. The van der Waals surface area contributed by atoms with Crippen LogP contribution in [0.5, 0.6) is 0 Å². The van der Waals surface area contributed by atoms with Crippen LogP contribution in [0.1, 0.15) is 28.8 Å². The van der Waals surface area contributed by atoms with Crippen LogP contribution in [-0.4, -0.2) is 17.4 Å². The Hall–Kier alpha value is -2.30. The molecule has 2 rings (SSSR count). The van der Waals surface area contributed by atoms with Crippen molar-refractivity contribution < 1.29 is 13.6 Å². The van der Waals surface area contributed by atoms with Crippen molar-refractivity contribution in [2.75, 3.05) is 6.54 Å². The third-order valence-corrected chi connectivity index (χ3v) is 3.02. The quantitative estimate of drug-likeness (QED) is 0.933. The van der Waals surface area contributed by atoms with Gasteiger partial charge in [0.15, 0.2) is 11.6 Å². The van der Waals surface area contributed by atoms with E-state index in [-0.39, 0.29) is 11.8 Å². The van der Waals surface area contributed by atoms with Gasteiger partial charge >= 0.3 is 0 Å². The van der Waals surface area contributed by atoms with E-state index in [1.54, 1.807) is 12.1 Å². The monoisotopic (exact) mass is 276 g/mol. The number of hydrogen-bond donors (Lipinski definition) is 1. The number of carbonyl (C=O) groups excluding carboxylic acids is 1. The number of amides is 1. The van der Waals surface area contributed by atoms with Gasteiger partial charge in [0.25, 0.3) is 5.91 Å². The lowest BCUT2D eigenvalue weighted by molar-refractivity contribution is 0.0951. The Morgan fingerprint density at radius 3 is 2.55 bits per heavy atom. The van der Waals surface area contributed by atoms with Crippen molar-refractivity contribution in [3.05, 3.63) is 65.5 Å². The maximum Gasteiger partial charge on any atom is 0.251 e. The number of carbonyl (C=O) groups is 1. The molecule has 20 heavy (non-hydrogen) atoms. The molecule has 0 saturated heterocycles. The average Bonchev–Trinajstić information content (AvgIpc) is 2.48. The minimum Gasteiger partial charge on any atom is -0.351 e. The first-order chi connectivity index (χ1) is 9.58. The predicted molar refractivity (Wildman–Crippen MR) is 71.3 cm³/mol. The molecule has 5 heteroatoms. The molecule has 0 radical (unpaired) electrons. The van der Waals surface area contributed by atoms with Gasteiger partial charge in [0, 0.05) is 24.5 Å². The molecule has 1 atom stereocenters. The Kier molecular flexibility index (Phi) is 4.40. The highest BCUT2D eigenvalue weighted by molar-refractivity contribution is 5.93. The maximum atomic E-state index is 13.1. The molecule has 1 N–H and O–H groups in total. The summed E-state index contributed by atoms with van der Waals surface area (Å²) < 4.78 is 26.0. The number of nitrogens with zero attached hydrogens (tertiary/aromatic N) is 1. The summed E-state index contributed by atoms with van der Waals surface area (Å²) in [5.41, 5.74) is 1.15. The summed E-state index contributed by atoms with van der Waals surface area (Å²) in [6.45, 7) is 2.17. The number of hydrogen-bond acceptors (Lipinski definition) is 2. The zero-order valence-electron chi connectivity index (χ0n) is 10.9. The smallest absolute Gasteiger partial charge is 0.251 e. The highest BCUT2D eigenvalue weighted by Gasteiger charge is 2.11. The SMILES string of the molecule is C[C@H](CNC(=O)c1ccncc1)c1ccc(F)c(F)c1. The Bertz CT molecular complexity index is 602. The van der Waals surface area contributed by atoms with Crippen molar-refractivity contribution >= 4 is 5.91 Å². The van der Waals surface area contributed by atoms with Gasteiger partial charge in [0.05, 0.1) is 0 Å². The summed E-state index contributed by atoms with van der Waals surface area (Å²) in [7, 11) is 0. The normalized spacial score (nSPS) is 11.9.